The van der Waals surface area contributed by atoms with Gasteiger partial charge in [0, 0.05) is 30.0 Å². The summed E-state index contributed by atoms with van der Waals surface area (Å²) in [6.45, 7) is 5.19. The number of anilines is 2. The minimum atomic E-state index is -0.220. The maximum atomic E-state index is 11.5. The van der Waals surface area contributed by atoms with E-state index in [2.05, 4.69) is 4.90 Å². The van der Waals surface area contributed by atoms with E-state index in [1.54, 1.807) is 6.07 Å². The Labute approximate surface area is 107 Å². The molecule has 1 fully saturated rings. The Morgan fingerprint density at radius 2 is 2.22 bits per heavy atom. The number of Topliss-reactive ketones (excluding diaryl/α,β-unsaturated/α-hetero) is 1. The number of nitrogens with two attached hydrogens (primary N) is 1. The Bertz CT molecular complexity index is 459. The quantitative estimate of drug-likeness (QED) is 0.617. The summed E-state index contributed by atoms with van der Waals surface area (Å²) in [7, 11) is 0. The number of carbonyl (C=O) groups excluding carboxylic acids is 1. The fourth-order valence-electron chi connectivity index (χ4n) is 2.41. The third kappa shape index (κ3) is 2.48. The van der Waals surface area contributed by atoms with E-state index in [0.717, 1.165) is 25.2 Å². The highest BCUT2D eigenvalue weighted by atomic mass is 16.3. The van der Waals surface area contributed by atoms with E-state index in [-0.39, 0.29) is 17.8 Å². The van der Waals surface area contributed by atoms with Crippen molar-refractivity contribution in [1.29, 1.82) is 0 Å². The highest BCUT2D eigenvalue weighted by Crippen LogP contribution is 2.26. The molecule has 98 valence electrons. The number of carbonyl (C=O) groups is 1. The molecule has 18 heavy (non-hydrogen) atoms. The maximum Gasteiger partial charge on any atom is 0.161 e. The number of nitrogens with zero attached hydrogens (tertiary/aromatic N) is 1. The second-order valence-corrected chi connectivity index (χ2v) is 5.11. The molecule has 0 saturated carbocycles. The first-order valence-electron chi connectivity index (χ1n) is 6.32. The molecule has 1 aromatic rings. The van der Waals surface area contributed by atoms with Crippen molar-refractivity contribution in [2.24, 2.45) is 5.92 Å². The molecular formula is C14H20N2O2. The molecule has 0 radical (unpaired) electrons. The van der Waals surface area contributed by atoms with Gasteiger partial charge in [-0.2, -0.15) is 0 Å². The summed E-state index contributed by atoms with van der Waals surface area (Å²) >= 11 is 0. The zero-order valence-electron chi connectivity index (χ0n) is 10.9. The van der Waals surface area contributed by atoms with Crippen molar-refractivity contribution in [3.05, 3.63) is 23.8 Å². The zero-order chi connectivity index (χ0) is 13.3. The zero-order valence-corrected chi connectivity index (χ0v) is 10.9. The van der Waals surface area contributed by atoms with Crippen molar-refractivity contribution in [3.63, 3.8) is 0 Å². The van der Waals surface area contributed by atoms with E-state index in [1.165, 1.54) is 6.92 Å². The van der Waals surface area contributed by atoms with Crippen molar-refractivity contribution in [2.45, 2.75) is 26.4 Å². The van der Waals surface area contributed by atoms with Gasteiger partial charge in [-0.15, -0.1) is 0 Å². The number of hydrogen-bond acceptors (Lipinski definition) is 4. The summed E-state index contributed by atoms with van der Waals surface area (Å²) in [6.07, 6.45) is 0.545. The van der Waals surface area contributed by atoms with Gasteiger partial charge in [0.1, 0.15) is 0 Å². The molecule has 3 N–H and O–H groups in total. The molecule has 0 bridgehead atoms. The second-order valence-electron chi connectivity index (χ2n) is 5.11. The van der Waals surface area contributed by atoms with Gasteiger partial charge in [-0.25, -0.2) is 0 Å². The minimum absolute atomic E-state index is 0.0144. The van der Waals surface area contributed by atoms with Gasteiger partial charge in [0.15, 0.2) is 5.78 Å². The van der Waals surface area contributed by atoms with Crippen LogP contribution in [0.15, 0.2) is 18.2 Å². The summed E-state index contributed by atoms with van der Waals surface area (Å²) in [5.74, 6) is 0.233. The molecule has 4 nitrogen and oxygen atoms in total. The Kier molecular flexibility index (Phi) is 3.57. The average Bonchev–Trinajstić information content (AvgIpc) is 2.33. The number of ketones is 1. The van der Waals surface area contributed by atoms with Crippen molar-refractivity contribution in [3.8, 4) is 0 Å². The number of hydrogen-bond donors (Lipinski definition) is 2. The first-order chi connectivity index (χ1) is 8.49. The summed E-state index contributed by atoms with van der Waals surface area (Å²) in [4.78, 5) is 13.7. The predicted octanol–water partition coefficient (Wildman–Crippen LogP) is 1.68. The van der Waals surface area contributed by atoms with Crippen LogP contribution in [0, 0.1) is 5.92 Å². The number of benzene rings is 1. The number of aliphatic hydroxyl groups excluding tert-OH is 1. The van der Waals surface area contributed by atoms with E-state index in [0.29, 0.717) is 11.3 Å². The van der Waals surface area contributed by atoms with E-state index in [4.69, 9.17) is 5.73 Å². The molecule has 0 aromatic heterocycles. The molecule has 2 atom stereocenters. The highest BCUT2D eigenvalue weighted by Gasteiger charge is 2.24. The maximum absolute atomic E-state index is 11.5. The van der Waals surface area contributed by atoms with Crippen molar-refractivity contribution < 1.29 is 9.90 Å². The van der Waals surface area contributed by atoms with Gasteiger partial charge in [0.05, 0.1) is 6.10 Å². The molecule has 1 heterocycles. The van der Waals surface area contributed by atoms with Crippen LogP contribution in [0.2, 0.25) is 0 Å². The lowest BCUT2D eigenvalue weighted by molar-refractivity contribution is 0.0969. The van der Waals surface area contributed by atoms with Crippen LogP contribution in [0.1, 0.15) is 30.6 Å². The first kappa shape index (κ1) is 12.9. The van der Waals surface area contributed by atoms with Crippen LogP contribution in [0.5, 0.6) is 0 Å². The second kappa shape index (κ2) is 4.98. The van der Waals surface area contributed by atoms with Crippen molar-refractivity contribution in [1.82, 2.24) is 0 Å². The van der Waals surface area contributed by atoms with E-state index < -0.39 is 0 Å². The van der Waals surface area contributed by atoms with Gasteiger partial charge in [0.2, 0.25) is 0 Å². The lowest BCUT2D eigenvalue weighted by Gasteiger charge is -2.36. The van der Waals surface area contributed by atoms with Gasteiger partial charge in [0.25, 0.3) is 0 Å². The van der Waals surface area contributed by atoms with Crippen LogP contribution >= 0.6 is 0 Å². The molecule has 1 aliphatic heterocycles. The van der Waals surface area contributed by atoms with Crippen LogP contribution < -0.4 is 10.6 Å². The van der Waals surface area contributed by atoms with E-state index >= 15 is 0 Å². The molecule has 1 saturated heterocycles. The SMILES string of the molecule is CC(=O)c1cc(N2CCC(O)C(C)C2)ccc1N. The van der Waals surface area contributed by atoms with Crippen LogP contribution in [-0.2, 0) is 0 Å². The van der Waals surface area contributed by atoms with Crippen LogP contribution in [-0.4, -0.2) is 30.1 Å². The number of rotatable bonds is 2. The Balaban J connectivity index is 2.24. The van der Waals surface area contributed by atoms with Crippen LogP contribution in [0.4, 0.5) is 11.4 Å². The molecule has 1 aromatic carbocycles. The highest BCUT2D eigenvalue weighted by molar-refractivity contribution is 6.00. The predicted molar refractivity (Wildman–Crippen MR) is 72.9 cm³/mol. The molecule has 0 spiro atoms. The van der Waals surface area contributed by atoms with E-state index in [1.807, 2.05) is 19.1 Å². The van der Waals surface area contributed by atoms with Gasteiger partial charge >= 0.3 is 0 Å². The normalized spacial score (nSPS) is 24.1. The average molecular weight is 248 g/mol. The summed E-state index contributed by atoms with van der Waals surface area (Å²) in [5.41, 5.74) is 7.90. The Morgan fingerprint density at radius 1 is 1.50 bits per heavy atom. The van der Waals surface area contributed by atoms with Gasteiger partial charge in [-0.1, -0.05) is 6.92 Å². The monoisotopic (exact) mass is 248 g/mol. The number of piperidine rings is 1. The van der Waals surface area contributed by atoms with E-state index in [9.17, 15) is 9.90 Å². The summed E-state index contributed by atoms with van der Waals surface area (Å²) < 4.78 is 0. The third-order valence-electron chi connectivity index (χ3n) is 3.64. The summed E-state index contributed by atoms with van der Waals surface area (Å²) in [6, 6.07) is 5.57. The molecule has 1 aliphatic rings. The molecule has 2 rings (SSSR count). The fourth-order valence-corrected chi connectivity index (χ4v) is 2.41. The third-order valence-corrected chi connectivity index (χ3v) is 3.64. The van der Waals surface area contributed by atoms with Gasteiger partial charge in [-0.05, 0) is 37.5 Å². The largest absolute Gasteiger partial charge is 0.398 e. The van der Waals surface area contributed by atoms with Crippen LogP contribution in [0.25, 0.3) is 0 Å². The number of aliphatic hydroxyl groups is 1. The van der Waals surface area contributed by atoms with Gasteiger partial charge < -0.3 is 15.7 Å². The molecule has 0 aliphatic carbocycles. The summed E-state index contributed by atoms with van der Waals surface area (Å²) in [5, 5.41) is 9.73. The topological polar surface area (TPSA) is 66.6 Å². The number of nitrogen functional groups attached to an aromatic ring is 1. The lowest BCUT2D eigenvalue weighted by atomic mass is 9.96. The van der Waals surface area contributed by atoms with Gasteiger partial charge in [-0.3, -0.25) is 4.79 Å². The standard InChI is InChI=1S/C14H20N2O2/c1-9-8-16(6-5-14(9)18)11-3-4-13(15)12(7-11)10(2)17/h3-4,7,9,14,18H,5-6,8,15H2,1-2H3. The van der Waals surface area contributed by atoms with Crippen molar-refractivity contribution >= 4 is 17.2 Å². The first-order valence-corrected chi connectivity index (χ1v) is 6.32. The lowest BCUT2D eigenvalue weighted by Crippen LogP contribution is -2.42. The fraction of sp³-hybridized carbons (Fsp3) is 0.500. The Hall–Kier alpha value is -1.55. The molecular weight excluding hydrogens is 228 g/mol. The molecule has 2 unspecified atom stereocenters. The minimum Gasteiger partial charge on any atom is -0.398 e. The Morgan fingerprint density at radius 3 is 2.83 bits per heavy atom. The smallest absolute Gasteiger partial charge is 0.161 e. The van der Waals surface area contributed by atoms with Crippen molar-refractivity contribution in [2.75, 3.05) is 23.7 Å². The van der Waals surface area contributed by atoms with Crippen LogP contribution in [0.3, 0.4) is 0 Å². The molecule has 0 amide bonds. The molecule has 4 heteroatoms.